The first-order chi connectivity index (χ1) is 8.00. The third-order valence-corrected chi connectivity index (χ3v) is 4.45. The Bertz CT molecular complexity index is 486. The van der Waals surface area contributed by atoms with Crippen LogP contribution in [0.5, 0.6) is 0 Å². The van der Waals surface area contributed by atoms with Crippen molar-refractivity contribution in [1.82, 2.24) is 0 Å². The van der Waals surface area contributed by atoms with Crippen LogP contribution in [0.25, 0.3) is 0 Å². The van der Waals surface area contributed by atoms with Crippen LogP contribution < -0.4 is 0 Å². The minimum atomic E-state index is -1.98. The molecular weight excluding hydrogens is 250 g/mol. The van der Waals surface area contributed by atoms with Gasteiger partial charge in [-0.1, -0.05) is 0 Å². The molecule has 1 aromatic carbocycles. The van der Waals surface area contributed by atoms with Gasteiger partial charge in [0, 0.05) is 6.07 Å². The summed E-state index contributed by atoms with van der Waals surface area (Å²) >= 11 is 0. The van der Waals surface area contributed by atoms with Crippen molar-refractivity contribution in [2.24, 2.45) is 5.92 Å². The zero-order valence-corrected chi connectivity index (χ0v) is 9.55. The molecule has 2 rings (SSSR count). The summed E-state index contributed by atoms with van der Waals surface area (Å²) in [5, 5.41) is 7.87. The van der Waals surface area contributed by atoms with Crippen molar-refractivity contribution >= 4 is 16.8 Å². The number of rotatable bonds is 4. The van der Waals surface area contributed by atoms with Gasteiger partial charge < -0.3 is 5.11 Å². The molecule has 0 saturated heterocycles. The third-order valence-electron chi connectivity index (χ3n) is 2.63. The molecule has 17 heavy (non-hydrogen) atoms. The van der Waals surface area contributed by atoms with Gasteiger partial charge in [-0.05, 0) is 30.9 Å². The van der Waals surface area contributed by atoms with Gasteiger partial charge in [0.1, 0.15) is 16.9 Å². The zero-order valence-electron chi connectivity index (χ0n) is 8.73. The van der Waals surface area contributed by atoms with Crippen molar-refractivity contribution in [3.8, 4) is 0 Å². The molecule has 0 aliphatic heterocycles. The first-order valence-corrected chi connectivity index (χ1v) is 6.30. The van der Waals surface area contributed by atoms with Crippen LogP contribution in [-0.2, 0) is 15.6 Å². The minimum Gasteiger partial charge on any atom is -0.480 e. The molecule has 1 aromatic rings. The average molecular weight is 260 g/mol. The fourth-order valence-corrected chi connectivity index (χ4v) is 3.17. The summed E-state index contributed by atoms with van der Waals surface area (Å²) in [6, 6.07) is 2.63. The van der Waals surface area contributed by atoms with Crippen LogP contribution in [-0.4, -0.2) is 20.5 Å². The molecule has 0 heterocycles. The van der Waals surface area contributed by atoms with Crippen molar-refractivity contribution in [2.45, 2.75) is 23.0 Å². The highest BCUT2D eigenvalue weighted by Gasteiger charge is 2.41. The monoisotopic (exact) mass is 260 g/mol. The van der Waals surface area contributed by atoms with Gasteiger partial charge in [-0.2, -0.15) is 0 Å². The summed E-state index contributed by atoms with van der Waals surface area (Å²) in [4.78, 5) is 10.7. The lowest BCUT2D eigenvalue weighted by molar-refractivity contribution is -0.136. The predicted octanol–water partition coefficient (Wildman–Crippen LogP) is 1.94. The lowest BCUT2D eigenvalue weighted by atomic mass is 10.3. The molecule has 0 radical (unpaired) electrons. The smallest absolute Gasteiger partial charge is 0.319 e. The Morgan fingerprint density at radius 2 is 2.06 bits per heavy atom. The molecule has 0 amide bonds. The molecular formula is C11H10F2O3S. The Hall–Kier alpha value is -1.30. The number of hydrogen-bond acceptors (Lipinski definition) is 2. The molecule has 1 aliphatic carbocycles. The van der Waals surface area contributed by atoms with E-state index in [4.69, 9.17) is 5.11 Å². The van der Waals surface area contributed by atoms with Crippen molar-refractivity contribution in [3.63, 3.8) is 0 Å². The van der Waals surface area contributed by atoms with Gasteiger partial charge in [-0.3, -0.25) is 9.00 Å². The molecule has 92 valence electrons. The minimum absolute atomic E-state index is 0.169. The van der Waals surface area contributed by atoms with Crippen LogP contribution in [0.4, 0.5) is 8.78 Å². The van der Waals surface area contributed by atoms with E-state index in [9.17, 15) is 17.8 Å². The SMILES string of the molecule is O=C(O)C(C1CC1)S(=O)c1ccc(F)cc1F. The number of carboxylic acid groups (broad SMARTS) is 1. The Balaban J connectivity index is 2.31. The van der Waals surface area contributed by atoms with E-state index in [-0.39, 0.29) is 10.8 Å². The summed E-state index contributed by atoms with van der Waals surface area (Å²) in [6.07, 6.45) is 1.37. The van der Waals surface area contributed by atoms with E-state index in [2.05, 4.69) is 0 Å². The van der Waals surface area contributed by atoms with Gasteiger partial charge in [-0.15, -0.1) is 0 Å². The van der Waals surface area contributed by atoms with Gasteiger partial charge in [0.25, 0.3) is 0 Å². The molecule has 0 spiro atoms. The maximum atomic E-state index is 13.4. The highest BCUT2D eigenvalue weighted by atomic mass is 32.2. The largest absolute Gasteiger partial charge is 0.480 e. The fourth-order valence-electron chi connectivity index (χ4n) is 1.64. The molecule has 1 aliphatic rings. The molecule has 3 nitrogen and oxygen atoms in total. The summed E-state index contributed by atoms with van der Waals surface area (Å²) < 4.78 is 38.0. The molecule has 1 saturated carbocycles. The van der Waals surface area contributed by atoms with Gasteiger partial charge in [0.15, 0.2) is 0 Å². The fraction of sp³-hybridized carbons (Fsp3) is 0.364. The van der Waals surface area contributed by atoms with Gasteiger partial charge in [0.2, 0.25) is 0 Å². The highest BCUT2D eigenvalue weighted by Crippen LogP contribution is 2.37. The van der Waals surface area contributed by atoms with Gasteiger partial charge in [-0.25, -0.2) is 8.78 Å². The topological polar surface area (TPSA) is 54.4 Å². The summed E-state index contributed by atoms with van der Waals surface area (Å²) in [7, 11) is -1.98. The van der Waals surface area contributed by atoms with Crippen LogP contribution in [0.1, 0.15) is 12.8 Å². The first-order valence-electron chi connectivity index (χ1n) is 5.09. The number of aliphatic carboxylic acids is 1. The first kappa shape index (κ1) is 12.2. The zero-order chi connectivity index (χ0) is 12.6. The maximum Gasteiger partial charge on any atom is 0.319 e. The van der Waals surface area contributed by atoms with Crippen LogP contribution in [0.2, 0.25) is 0 Å². The molecule has 6 heteroatoms. The number of benzene rings is 1. The van der Waals surface area contributed by atoms with E-state index in [1.54, 1.807) is 0 Å². The Morgan fingerprint density at radius 1 is 1.41 bits per heavy atom. The second-order valence-electron chi connectivity index (χ2n) is 3.97. The highest BCUT2D eigenvalue weighted by molar-refractivity contribution is 7.86. The van der Waals surface area contributed by atoms with Gasteiger partial charge in [0.05, 0.1) is 15.7 Å². The second-order valence-corrected chi connectivity index (χ2v) is 5.51. The van der Waals surface area contributed by atoms with Gasteiger partial charge >= 0.3 is 5.97 Å². The number of carbonyl (C=O) groups is 1. The van der Waals surface area contributed by atoms with Crippen LogP contribution in [0.3, 0.4) is 0 Å². The van der Waals surface area contributed by atoms with E-state index in [1.165, 1.54) is 0 Å². The molecule has 1 N–H and O–H groups in total. The van der Waals surface area contributed by atoms with Crippen molar-refractivity contribution in [3.05, 3.63) is 29.8 Å². The Morgan fingerprint density at radius 3 is 2.53 bits per heavy atom. The van der Waals surface area contributed by atoms with Crippen molar-refractivity contribution in [2.75, 3.05) is 0 Å². The second kappa shape index (κ2) is 4.52. The van der Waals surface area contributed by atoms with Crippen LogP contribution in [0, 0.1) is 17.6 Å². The van der Waals surface area contributed by atoms with E-state index in [0.29, 0.717) is 18.9 Å². The summed E-state index contributed by atoms with van der Waals surface area (Å²) in [6.45, 7) is 0. The molecule has 2 unspecified atom stereocenters. The van der Waals surface area contributed by atoms with E-state index >= 15 is 0 Å². The average Bonchev–Trinajstić information content (AvgIpc) is 3.01. The number of hydrogen-bond donors (Lipinski definition) is 1. The summed E-state index contributed by atoms with van der Waals surface area (Å²) in [5.41, 5.74) is 0. The molecule has 0 bridgehead atoms. The van der Waals surface area contributed by atoms with Crippen LogP contribution in [0.15, 0.2) is 23.1 Å². The number of carboxylic acids is 1. The standard InChI is InChI=1S/C11H10F2O3S/c12-7-3-4-9(8(13)5-7)17(16)10(11(14)15)6-1-2-6/h3-6,10H,1-2H2,(H,14,15). The van der Waals surface area contributed by atoms with Crippen LogP contribution >= 0.6 is 0 Å². The van der Waals surface area contributed by atoms with E-state index in [1.807, 2.05) is 0 Å². The molecule has 0 aromatic heterocycles. The number of halogens is 2. The molecule has 1 fully saturated rings. The normalized spacial score (nSPS) is 18.7. The maximum absolute atomic E-state index is 13.4. The van der Waals surface area contributed by atoms with Crippen molar-refractivity contribution < 1.29 is 22.9 Å². The lowest BCUT2D eigenvalue weighted by Gasteiger charge is -2.11. The Labute approximate surface area is 98.9 Å². The quantitative estimate of drug-likeness (QED) is 0.900. The lowest BCUT2D eigenvalue weighted by Crippen LogP contribution is -2.28. The third kappa shape index (κ3) is 2.52. The Kier molecular flexibility index (Phi) is 3.24. The van der Waals surface area contributed by atoms with E-state index in [0.717, 1.165) is 12.1 Å². The van der Waals surface area contributed by atoms with E-state index < -0.39 is 33.7 Å². The predicted molar refractivity (Wildman–Crippen MR) is 56.9 cm³/mol. The van der Waals surface area contributed by atoms with Crippen molar-refractivity contribution in [1.29, 1.82) is 0 Å². The molecule has 2 atom stereocenters. The summed E-state index contributed by atoms with van der Waals surface area (Å²) in [5.74, 6) is -3.11.